The Morgan fingerprint density at radius 3 is 2.38 bits per heavy atom. The molecule has 0 aromatic carbocycles. The molecule has 1 heterocycles. The van der Waals surface area contributed by atoms with Crippen molar-refractivity contribution >= 4 is 53.5 Å². The van der Waals surface area contributed by atoms with Gasteiger partial charge in [0.2, 0.25) is 0 Å². The lowest BCUT2D eigenvalue weighted by molar-refractivity contribution is 0.477. The molecule has 0 saturated heterocycles. The van der Waals surface area contributed by atoms with Crippen LogP contribution in [-0.4, -0.2) is 59.1 Å². The van der Waals surface area contributed by atoms with Crippen LogP contribution in [0, 0.1) is 5.92 Å². The molecular formula is C17H35IN6S2. The van der Waals surface area contributed by atoms with E-state index in [-0.39, 0.29) is 24.0 Å². The smallest absolute Gasteiger partial charge is 0.190 e. The van der Waals surface area contributed by atoms with Gasteiger partial charge in [-0.1, -0.05) is 25.6 Å². The molecule has 0 unspecified atom stereocenters. The zero-order chi connectivity index (χ0) is 18.5. The molecule has 0 amide bonds. The van der Waals surface area contributed by atoms with Gasteiger partial charge in [0.1, 0.15) is 5.82 Å². The number of rotatable bonds is 12. The predicted molar refractivity (Wildman–Crippen MR) is 127 cm³/mol. The molecule has 0 aliphatic rings. The average Bonchev–Trinajstić information content (AvgIpc) is 2.97. The van der Waals surface area contributed by atoms with Crippen LogP contribution in [0.25, 0.3) is 0 Å². The molecule has 0 saturated carbocycles. The Kier molecular flexibility index (Phi) is 15.8. The van der Waals surface area contributed by atoms with Crippen LogP contribution in [0.5, 0.6) is 0 Å². The minimum absolute atomic E-state index is 0. The minimum atomic E-state index is 0. The first-order chi connectivity index (χ1) is 12.1. The highest BCUT2D eigenvalue weighted by Crippen LogP contribution is 2.16. The van der Waals surface area contributed by atoms with Crippen LogP contribution < -0.4 is 10.6 Å². The zero-order valence-electron chi connectivity index (χ0n) is 16.7. The van der Waals surface area contributed by atoms with E-state index in [1.54, 1.807) is 11.8 Å². The van der Waals surface area contributed by atoms with Gasteiger partial charge in [-0.2, -0.15) is 11.8 Å². The Morgan fingerprint density at radius 1 is 1.12 bits per heavy atom. The number of thioether (sulfide) groups is 2. The number of aliphatic imine (C=N–C) groups is 1. The lowest BCUT2D eigenvalue weighted by Crippen LogP contribution is -2.38. The highest BCUT2D eigenvalue weighted by molar-refractivity contribution is 14.0. The summed E-state index contributed by atoms with van der Waals surface area (Å²) in [7, 11) is 1.82. The third kappa shape index (κ3) is 10.2. The summed E-state index contributed by atoms with van der Waals surface area (Å²) >= 11 is 3.56. The van der Waals surface area contributed by atoms with Gasteiger partial charge in [-0.05, 0) is 43.4 Å². The molecule has 1 aromatic rings. The number of hydrogen-bond donors (Lipinski definition) is 2. The summed E-state index contributed by atoms with van der Waals surface area (Å²) < 4.78 is 2.26. The largest absolute Gasteiger partial charge is 0.356 e. The van der Waals surface area contributed by atoms with Crippen LogP contribution in [-0.2, 0) is 13.0 Å². The number of nitrogens with zero attached hydrogens (tertiary/aromatic N) is 4. The van der Waals surface area contributed by atoms with E-state index in [0.717, 1.165) is 49.4 Å². The third-order valence-corrected chi connectivity index (χ3v) is 5.05. The summed E-state index contributed by atoms with van der Waals surface area (Å²) in [6.07, 6.45) is 8.57. The number of aryl methyl sites for hydroxylation is 1. The van der Waals surface area contributed by atoms with Crippen molar-refractivity contribution in [2.24, 2.45) is 10.9 Å². The van der Waals surface area contributed by atoms with Crippen molar-refractivity contribution < 1.29 is 0 Å². The van der Waals surface area contributed by atoms with Crippen LogP contribution in [0.2, 0.25) is 0 Å². The van der Waals surface area contributed by atoms with Crippen molar-refractivity contribution in [2.45, 2.75) is 51.2 Å². The number of halogens is 1. The Hall–Kier alpha value is -0.160. The van der Waals surface area contributed by atoms with Crippen LogP contribution in [0.1, 0.15) is 38.9 Å². The summed E-state index contributed by atoms with van der Waals surface area (Å²) in [5.41, 5.74) is 0. The van der Waals surface area contributed by atoms with Gasteiger partial charge in [0.05, 0.1) is 0 Å². The summed E-state index contributed by atoms with van der Waals surface area (Å²) in [6, 6.07) is 0. The van der Waals surface area contributed by atoms with E-state index in [2.05, 4.69) is 56.7 Å². The van der Waals surface area contributed by atoms with E-state index in [1.165, 1.54) is 18.6 Å². The van der Waals surface area contributed by atoms with E-state index in [0.29, 0.717) is 5.92 Å². The maximum Gasteiger partial charge on any atom is 0.190 e. The molecule has 0 spiro atoms. The summed E-state index contributed by atoms with van der Waals surface area (Å²) in [6.45, 7) is 7.29. The first-order valence-electron chi connectivity index (χ1n) is 9.01. The number of guanidine groups is 1. The van der Waals surface area contributed by atoms with Crippen molar-refractivity contribution in [3.63, 3.8) is 0 Å². The first-order valence-corrected chi connectivity index (χ1v) is 11.6. The standard InChI is InChI=1S/C17H34N6S2.HI/c1-14(2)13-23-15(21-22-17(23)25-5)9-8-11-20-16(18-3)19-10-6-7-12-24-4;/h14H,6-13H2,1-5H3,(H2,18,19,20);1H. The Balaban J connectivity index is 0.00000625. The van der Waals surface area contributed by atoms with E-state index in [1.807, 2.05) is 18.8 Å². The molecule has 0 bridgehead atoms. The van der Waals surface area contributed by atoms with Gasteiger partial charge in [-0.3, -0.25) is 4.99 Å². The van der Waals surface area contributed by atoms with Crippen molar-refractivity contribution in [3.8, 4) is 0 Å². The molecule has 9 heteroatoms. The van der Waals surface area contributed by atoms with Gasteiger partial charge in [-0.25, -0.2) is 0 Å². The molecule has 6 nitrogen and oxygen atoms in total. The van der Waals surface area contributed by atoms with Crippen molar-refractivity contribution in [1.29, 1.82) is 0 Å². The van der Waals surface area contributed by atoms with Crippen LogP contribution in [0.3, 0.4) is 0 Å². The normalized spacial score (nSPS) is 11.5. The molecule has 1 aromatic heterocycles. The number of nitrogens with one attached hydrogen (secondary N) is 2. The summed E-state index contributed by atoms with van der Waals surface area (Å²) in [4.78, 5) is 4.28. The first kappa shape index (κ1) is 25.8. The molecule has 0 radical (unpaired) electrons. The fourth-order valence-electron chi connectivity index (χ4n) is 2.46. The third-order valence-electron chi connectivity index (χ3n) is 3.68. The zero-order valence-corrected chi connectivity index (χ0v) is 20.7. The second-order valence-electron chi connectivity index (χ2n) is 6.34. The maximum atomic E-state index is 4.37. The molecule has 0 atom stereocenters. The Labute approximate surface area is 184 Å². The molecule has 0 aliphatic carbocycles. The average molecular weight is 515 g/mol. The second-order valence-corrected chi connectivity index (χ2v) is 8.10. The van der Waals surface area contributed by atoms with Gasteiger partial charge in [0.25, 0.3) is 0 Å². The fourth-order valence-corrected chi connectivity index (χ4v) is 3.47. The van der Waals surface area contributed by atoms with Crippen molar-refractivity contribution in [1.82, 2.24) is 25.4 Å². The molecular weight excluding hydrogens is 479 g/mol. The molecule has 26 heavy (non-hydrogen) atoms. The number of aromatic nitrogens is 3. The topological polar surface area (TPSA) is 67.1 Å². The van der Waals surface area contributed by atoms with Crippen molar-refractivity contribution in [2.75, 3.05) is 38.4 Å². The molecule has 152 valence electrons. The quantitative estimate of drug-likeness (QED) is 0.146. The van der Waals surface area contributed by atoms with E-state index in [4.69, 9.17) is 0 Å². The fraction of sp³-hybridized carbons (Fsp3) is 0.824. The minimum Gasteiger partial charge on any atom is -0.356 e. The SMILES string of the molecule is CN=C(NCCCCSC)NCCCc1nnc(SC)n1CC(C)C.I. The second kappa shape index (κ2) is 15.9. The molecule has 2 N–H and O–H groups in total. The van der Waals surface area contributed by atoms with Crippen LogP contribution >= 0.6 is 47.5 Å². The Morgan fingerprint density at radius 2 is 1.81 bits per heavy atom. The monoisotopic (exact) mass is 514 g/mol. The molecule has 0 aliphatic heterocycles. The maximum absolute atomic E-state index is 4.37. The van der Waals surface area contributed by atoms with Gasteiger partial charge < -0.3 is 15.2 Å². The van der Waals surface area contributed by atoms with Gasteiger partial charge >= 0.3 is 0 Å². The number of hydrogen-bond acceptors (Lipinski definition) is 5. The van der Waals surface area contributed by atoms with Gasteiger partial charge in [0, 0.05) is 33.1 Å². The molecule has 0 fully saturated rings. The lowest BCUT2D eigenvalue weighted by atomic mass is 10.2. The molecule has 1 rings (SSSR count). The van der Waals surface area contributed by atoms with E-state index < -0.39 is 0 Å². The predicted octanol–water partition coefficient (Wildman–Crippen LogP) is 3.51. The Bertz CT molecular complexity index is 507. The van der Waals surface area contributed by atoms with E-state index in [9.17, 15) is 0 Å². The highest BCUT2D eigenvalue weighted by Gasteiger charge is 2.12. The van der Waals surface area contributed by atoms with Crippen LogP contribution in [0.15, 0.2) is 10.1 Å². The van der Waals surface area contributed by atoms with Gasteiger partial charge in [0.15, 0.2) is 11.1 Å². The van der Waals surface area contributed by atoms with E-state index >= 15 is 0 Å². The summed E-state index contributed by atoms with van der Waals surface area (Å²) in [5, 5.41) is 16.4. The van der Waals surface area contributed by atoms with Gasteiger partial charge in [-0.15, -0.1) is 34.2 Å². The lowest BCUT2D eigenvalue weighted by Gasteiger charge is -2.13. The highest BCUT2D eigenvalue weighted by atomic mass is 127. The van der Waals surface area contributed by atoms with Crippen molar-refractivity contribution in [3.05, 3.63) is 5.82 Å². The number of unbranched alkanes of at least 4 members (excludes halogenated alkanes) is 1. The summed E-state index contributed by atoms with van der Waals surface area (Å²) in [5.74, 6) is 3.79. The van der Waals surface area contributed by atoms with Crippen LogP contribution in [0.4, 0.5) is 0 Å².